The van der Waals surface area contributed by atoms with Gasteiger partial charge in [0.25, 0.3) is 5.91 Å². The van der Waals surface area contributed by atoms with Gasteiger partial charge in [-0.3, -0.25) is 4.79 Å². The highest BCUT2D eigenvalue weighted by Gasteiger charge is 2.55. The van der Waals surface area contributed by atoms with Gasteiger partial charge in [0.2, 0.25) is 5.60 Å². The summed E-state index contributed by atoms with van der Waals surface area (Å²) in [6, 6.07) is 8.84. The van der Waals surface area contributed by atoms with E-state index in [0.717, 1.165) is 24.3 Å². The first kappa shape index (κ1) is 17.7. The number of phenols is 1. The van der Waals surface area contributed by atoms with Crippen molar-refractivity contribution in [3.63, 3.8) is 0 Å². The lowest BCUT2D eigenvalue weighted by atomic mass is 9.93. The van der Waals surface area contributed by atoms with Gasteiger partial charge in [0.05, 0.1) is 12.1 Å². The number of aromatic hydroxyl groups is 1. The minimum absolute atomic E-state index is 0.430. The Morgan fingerprint density at radius 2 is 1.71 bits per heavy atom. The second-order valence-corrected chi connectivity index (χ2v) is 5.07. The van der Waals surface area contributed by atoms with E-state index in [1.165, 1.54) is 18.2 Å². The predicted molar refractivity (Wildman–Crippen MR) is 76.8 cm³/mol. The molecule has 4 nitrogen and oxygen atoms in total. The quantitative estimate of drug-likeness (QED) is 0.748. The second-order valence-electron chi connectivity index (χ2n) is 5.07. The number of hydrogen-bond acceptors (Lipinski definition) is 3. The number of rotatable bonds is 4. The smallest absolute Gasteiger partial charge is 0.423 e. The molecule has 0 spiro atoms. The average Bonchev–Trinajstić information content (AvgIpc) is 2.52. The molecular formula is C16H13F4NO3. The van der Waals surface area contributed by atoms with E-state index in [4.69, 9.17) is 5.11 Å². The summed E-state index contributed by atoms with van der Waals surface area (Å²) in [5.74, 6) is -2.67. The van der Waals surface area contributed by atoms with Crippen LogP contribution in [0.2, 0.25) is 0 Å². The van der Waals surface area contributed by atoms with Gasteiger partial charge in [-0.25, -0.2) is 4.39 Å². The molecule has 0 aliphatic heterocycles. The molecule has 0 saturated heterocycles. The fourth-order valence-corrected chi connectivity index (χ4v) is 2.07. The average molecular weight is 343 g/mol. The molecule has 0 heterocycles. The van der Waals surface area contributed by atoms with Crippen molar-refractivity contribution in [3.8, 4) is 5.75 Å². The van der Waals surface area contributed by atoms with Gasteiger partial charge in [0, 0.05) is 6.07 Å². The van der Waals surface area contributed by atoms with Gasteiger partial charge in [0.1, 0.15) is 11.6 Å². The Bertz CT molecular complexity index is 734. The van der Waals surface area contributed by atoms with E-state index in [-0.39, 0.29) is 0 Å². The Kier molecular flexibility index (Phi) is 4.79. The third kappa shape index (κ3) is 3.48. The first-order chi connectivity index (χ1) is 11.1. The van der Waals surface area contributed by atoms with Crippen molar-refractivity contribution in [3.05, 3.63) is 65.5 Å². The zero-order valence-electron chi connectivity index (χ0n) is 12.1. The molecular weight excluding hydrogens is 330 g/mol. The van der Waals surface area contributed by atoms with Crippen LogP contribution in [0.3, 0.4) is 0 Å². The highest BCUT2D eigenvalue weighted by atomic mass is 19.4. The van der Waals surface area contributed by atoms with Gasteiger partial charge < -0.3 is 15.5 Å². The molecule has 1 atom stereocenters. The maximum Gasteiger partial charge on any atom is 0.423 e. The highest BCUT2D eigenvalue weighted by molar-refractivity contribution is 5.94. The summed E-state index contributed by atoms with van der Waals surface area (Å²) in [7, 11) is 0. The third-order valence-electron chi connectivity index (χ3n) is 3.42. The van der Waals surface area contributed by atoms with Crippen LogP contribution >= 0.6 is 0 Å². The highest BCUT2D eigenvalue weighted by Crippen LogP contribution is 2.38. The van der Waals surface area contributed by atoms with Crippen LogP contribution < -0.4 is 5.32 Å². The molecule has 24 heavy (non-hydrogen) atoms. The summed E-state index contributed by atoms with van der Waals surface area (Å²) >= 11 is 0. The summed E-state index contributed by atoms with van der Waals surface area (Å²) < 4.78 is 53.4. The molecule has 0 bridgehead atoms. The van der Waals surface area contributed by atoms with E-state index in [1.807, 2.05) is 5.32 Å². The maximum absolute atomic E-state index is 13.6. The Balaban J connectivity index is 2.24. The van der Waals surface area contributed by atoms with Gasteiger partial charge in [-0.2, -0.15) is 13.2 Å². The molecule has 128 valence electrons. The summed E-state index contributed by atoms with van der Waals surface area (Å²) in [5.41, 5.74) is -4.33. The zero-order valence-corrected chi connectivity index (χ0v) is 12.1. The molecule has 0 aliphatic carbocycles. The summed E-state index contributed by atoms with van der Waals surface area (Å²) in [6.07, 6.45) is -5.06. The van der Waals surface area contributed by atoms with E-state index < -0.39 is 46.9 Å². The number of nitrogens with one attached hydrogen (secondary N) is 1. The van der Waals surface area contributed by atoms with E-state index in [2.05, 4.69) is 0 Å². The van der Waals surface area contributed by atoms with Crippen molar-refractivity contribution in [2.24, 2.45) is 0 Å². The van der Waals surface area contributed by atoms with Crippen LogP contribution in [0.4, 0.5) is 17.6 Å². The van der Waals surface area contributed by atoms with Crippen LogP contribution in [0.15, 0.2) is 48.5 Å². The largest absolute Gasteiger partial charge is 0.508 e. The standard InChI is InChI=1S/C16H13F4NO3/c17-13-8-11(22)6-7-12(13)14(23)21-9-15(24,16(18,19)20)10-4-2-1-3-5-10/h1-8,22,24H,9H2,(H,21,23)/t15-/m0/s1. The van der Waals surface area contributed by atoms with Crippen LogP contribution in [-0.2, 0) is 5.60 Å². The van der Waals surface area contributed by atoms with Crippen molar-refractivity contribution in [1.82, 2.24) is 5.32 Å². The van der Waals surface area contributed by atoms with Crippen LogP contribution in [0.25, 0.3) is 0 Å². The summed E-state index contributed by atoms with van der Waals surface area (Å²) in [5, 5.41) is 21.0. The first-order valence-electron chi connectivity index (χ1n) is 6.76. The monoisotopic (exact) mass is 343 g/mol. The number of hydrogen-bond donors (Lipinski definition) is 3. The van der Waals surface area contributed by atoms with Crippen molar-refractivity contribution >= 4 is 5.91 Å². The molecule has 3 N–H and O–H groups in total. The fourth-order valence-electron chi connectivity index (χ4n) is 2.07. The molecule has 8 heteroatoms. The Labute approximate surface area is 134 Å². The molecule has 0 radical (unpaired) electrons. The lowest BCUT2D eigenvalue weighted by Gasteiger charge is -2.31. The molecule has 0 saturated carbocycles. The van der Waals surface area contributed by atoms with Crippen molar-refractivity contribution in [1.29, 1.82) is 0 Å². The van der Waals surface area contributed by atoms with Crippen LogP contribution in [-0.4, -0.2) is 28.8 Å². The number of phenolic OH excluding ortho intramolecular Hbond substituents is 1. The van der Waals surface area contributed by atoms with Crippen LogP contribution in [0.5, 0.6) is 5.75 Å². The minimum atomic E-state index is -5.06. The van der Waals surface area contributed by atoms with Gasteiger partial charge in [0.15, 0.2) is 0 Å². The molecule has 0 unspecified atom stereocenters. The molecule has 1 amide bonds. The molecule has 2 aromatic rings. The van der Waals surface area contributed by atoms with Gasteiger partial charge in [-0.15, -0.1) is 0 Å². The fraction of sp³-hybridized carbons (Fsp3) is 0.188. The van der Waals surface area contributed by atoms with E-state index in [9.17, 15) is 27.5 Å². The maximum atomic E-state index is 13.6. The lowest BCUT2D eigenvalue weighted by Crippen LogP contribution is -2.51. The molecule has 0 aromatic heterocycles. The number of carbonyl (C=O) groups is 1. The van der Waals surface area contributed by atoms with Crippen molar-refractivity contribution in [2.75, 3.05) is 6.54 Å². The third-order valence-corrected chi connectivity index (χ3v) is 3.42. The Morgan fingerprint density at radius 1 is 1.08 bits per heavy atom. The zero-order chi connectivity index (χ0) is 18.0. The Hall–Kier alpha value is -2.61. The van der Waals surface area contributed by atoms with Crippen molar-refractivity contribution in [2.45, 2.75) is 11.8 Å². The molecule has 2 aromatic carbocycles. The van der Waals surface area contributed by atoms with Gasteiger partial charge in [-0.05, 0) is 17.7 Å². The summed E-state index contributed by atoms with van der Waals surface area (Å²) in [6.45, 7) is -1.19. The number of aliphatic hydroxyl groups is 1. The molecule has 0 fully saturated rings. The van der Waals surface area contributed by atoms with Gasteiger partial charge >= 0.3 is 6.18 Å². The number of amides is 1. The normalized spacial score (nSPS) is 14.0. The first-order valence-corrected chi connectivity index (χ1v) is 6.76. The molecule has 0 aliphatic rings. The van der Waals surface area contributed by atoms with Crippen molar-refractivity contribution < 1.29 is 32.6 Å². The topological polar surface area (TPSA) is 69.6 Å². The minimum Gasteiger partial charge on any atom is -0.508 e. The SMILES string of the molecule is O=C(NC[C@](O)(c1ccccc1)C(F)(F)F)c1ccc(O)cc1F. The van der Waals surface area contributed by atoms with Crippen LogP contribution in [0.1, 0.15) is 15.9 Å². The Morgan fingerprint density at radius 3 is 2.25 bits per heavy atom. The van der Waals surface area contributed by atoms with Gasteiger partial charge in [-0.1, -0.05) is 30.3 Å². The lowest BCUT2D eigenvalue weighted by molar-refractivity contribution is -0.263. The predicted octanol–water partition coefficient (Wildman–Crippen LogP) is 2.71. The molecule has 2 rings (SSSR count). The summed E-state index contributed by atoms with van der Waals surface area (Å²) in [4.78, 5) is 11.9. The second kappa shape index (κ2) is 6.48. The van der Waals surface area contributed by atoms with E-state index in [0.29, 0.717) is 6.07 Å². The number of benzene rings is 2. The number of carbonyl (C=O) groups excluding carboxylic acids is 1. The number of halogens is 4. The number of alkyl halides is 3. The van der Waals surface area contributed by atoms with Crippen LogP contribution in [0, 0.1) is 5.82 Å². The van der Waals surface area contributed by atoms with E-state index in [1.54, 1.807) is 0 Å². The van der Waals surface area contributed by atoms with E-state index >= 15 is 0 Å².